The molecule has 0 radical (unpaired) electrons. The van der Waals surface area contributed by atoms with Gasteiger partial charge in [-0.05, 0) is 35.2 Å². The van der Waals surface area contributed by atoms with Crippen LogP contribution in [-0.2, 0) is 0 Å². The van der Waals surface area contributed by atoms with E-state index in [4.69, 9.17) is 4.74 Å². The Morgan fingerprint density at radius 3 is 2.52 bits per heavy atom. The Kier molecular flexibility index (Phi) is 2.84. The zero-order valence-electron chi connectivity index (χ0n) is 12.0. The van der Waals surface area contributed by atoms with Gasteiger partial charge in [-0.1, -0.05) is 30.3 Å². The van der Waals surface area contributed by atoms with Crippen molar-refractivity contribution >= 4 is 22.6 Å². The van der Waals surface area contributed by atoms with Gasteiger partial charge in [0.05, 0.1) is 5.56 Å². The van der Waals surface area contributed by atoms with Crippen LogP contribution in [0.1, 0.15) is 15.9 Å². The number of benzene rings is 3. The fraction of sp³-hybridized carbons (Fsp3) is 0. The van der Waals surface area contributed by atoms with Crippen LogP contribution >= 0.6 is 0 Å². The third-order valence-corrected chi connectivity index (χ3v) is 3.87. The Morgan fingerprint density at radius 1 is 0.913 bits per heavy atom. The van der Waals surface area contributed by atoms with Crippen LogP contribution in [0.4, 0.5) is 0 Å². The number of hydrogen-bond acceptors (Lipinski definition) is 4. The number of rotatable bonds is 1. The van der Waals surface area contributed by atoms with Crippen molar-refractivity contribution < 1.29 is 19.7 Å². The number of carbonyl (C=O) groups excluding carboxylic acids is 1. The number of Topliss-reactive ketones (excluding diaryl/α,β-unsaturated/α-hetero) is 1. The summed E-state index contributed by atoms with van der Waals surface area (Å²) in [4.78, 5) is 12.4. The lowest BCUT2D eigenvalue weighted by Crippen LogP contribution is -1.98. The SMILES string of the molecule is O=C1/C(=C/c2ccc(O)c3ccccc23)Oc2cc(O)ccc21. The highest BCUT2D eigenvalue weighted by Gasteiger charge is 2.27. The molecule has 4 heteroatoms. The first-order valence-corrected chi connectivity index (χ1v) is 7.11. The van der Waals surface area contributed by atoms with Gasteiger partial charge in [-0.3, -0.25) is 4.79 Å². The minimum Gasteiger partial charge on any atom is -0.508 e. The molecule has 4 rings (SSSR count). The van der Waals surface area contributed by atoms with E-state index < -0.39 is 0 Å². The first-order valence-electron chi connectivity index (χ1n) is 7.11. The smallest absolute Gasteiger partial charge is 0.231 e. The minimum atomic E-state index is -0.225. The van der Waals surface area contributed by atoms with E-state index in [2.05, 4.69) is 0 Å². The summed E-state index contributed by atoms with van der Waals surface area (Å²) in [5.74, 6) is 0.561. The first-order chi connectivity index (χ1) is 11.1. The molecule has 0 aliphatic carbocycles. The van der Waals surface area contributed by atoms with Crippen molar-refractivity contribution in [1.82, 2.24) is 0 Å². The Hall–Kier alpha value is -3.27. The predicted molar refractivity (Wildman–Crippen MR) is 86.7 cm³/mol. The highest BCUT2D eigenvalue weighted by molar-refractivity contribution is 6.15. The molecule has 1 heterocycles. The Bertz CT molecular complexity index is 986. The number of phenolic OH excluding ortho intramolecular Hbond substituents is 2. The van der Waals surface area contributed by atoms with Gasteiger partial charge in [0, 0.05) is 11.5 Å². The summed E-state index contributed by atoms with van der Waals surface area (Å²) in [7, 11) is 0. The Morgan fingerprint density at radius 2 is 1.70 bits per heavy atom. The second-order valence-corrected chi connectivity index (χ2v) is 5.34. The van der Waals surface area contributed by atoms with Gasteiger partial charge in [0.1, 0.15) is 17.2 Å². The fourth-order valence-corrected chi connectivity index (χ4v) is 2.75. The van der Waals surface area contributed by atoms with Crippen LogP contribution in [0.15, 0.2) is 60.4 Å². The molecule has 4 nitrogen and oxygen atoms in total. The third kappa shape index (κ3) is 2.12. The van der Waals surface area contributed by atoms with E-state index in [0.717, 1.165) is 10.9 Å². The standard InChI is InChI=1S/C19H12O4/c20-12-6-7-15-17(10-12)23-18(19(15)22)9-11-5-8-16(21)14-4-2-1-3-13(11)14/h1-10,20-21H/b18-9-. The maximum Gasteiger partial charge on any atom is 0.231 e. The lowest BCUT2D eigenvalue weighted by Gasteiger charge is -2.05. The monoisotopic (exact) mass is 304 g/mol. The van der Waals surface area contributed by atoms with Gasteiger partial charge in [-0.25, -0.2) is 0 Å². The fourth-order valence-electron chi connectivity index (χ4n) is 2.75. The van der Waals surface area contributed by atoms with E-state index in [1.807, 2.05) is 24.3 Å². The quantitative estimate of drug-likeness (QED) is 0.670. The lowest BCUT2D eigenvalue weighted by molar-refractivity contribution is 0.101. The predicted octanol–water partition coefficient (Wildman–Crippen LogP) is 3.87. The molecule has 0 bridgehead atoms. The zero-order chi connectivity index (χ0) is 16.0. The molecule has 3 aromatic carbocycles. The van der Waals surface area contributed by atoms with E-state index in [-0.39, 0.29) is 23.0 Å². The van der Waals surface area contributed by atoms with Crippen LogP contribution in [0.2, 0.25) is 0 Å². The van der Waals surface area contributed by atoms with E-state index >= 15 is 0 Å². The zero-order valence-corrected chi connectivity index (χ0v) is 12.0. The summed E-state index contributed by atoms with van der Waals surface area (Å²) in [6.45, 7) is 0. The molecule has 1 aliphatic rings. The molecule has 0 aromatic heterocycles. The van der Waals surface area contributed by atoms with Gasteiger partial charge >= 0.3 is 0 Å². The van der Waals surface area contributed by atoms with Crippen LogP contribution < -0.4 is 4.74 Å². The second-order valence-electron chi connectivity index (χ2n) is 5.34. The number of phenols is 2. The van der Waals surface area contributed by atoms with Gasteiger partial charge in [0.2, 0.25) is 5.78 Å². The second kappa shape index (κ2) is 4.88. The molecule has 3 aromatic rings. The lowest BCUT2D eigenvalue weighted by atomic mass is 10.0. The maximum atomic E-state index is 12.4. The van der Waals surface area contributed by atoms with Crippen molar-refractivity contribution in [2.24, 2.45) is 0 Å². The van der Waals surface area contributed by atoms with Crippen molar-refractivity contribution in [3.8, 4) is 17.2 Å². The van der Waals surface area contributed by atoms with Crippen LogP contribution in [0.3, 0.4) is 0 Å². The molecule has 1 aliphatic heterocycles. The largest absolute Gasteiger partial charge is 0.508 e. The van der Waals surface area contributed by atoms with Gasteiger partial charge in [-0.2, -0.15) is 0 Å². The van der Waals surface area contributed by atoms with Crippen molar-refractivity contribution in [3.63, 3.8) is 0 Å². The molecule has 2 N–H and O–H groups in total. The number of allylic oxidation sites excluding steroid dienone is 1. The van der Waals surface area contributed by atoms with Gasteiger partial charge < -0.3 is 14.9 Å². The molecule has 0 amide bonds. The summed E-state index contributed by atoms with van der Waals surface area (Å²) >= 11 is 0. The van der Waals surface area contributed by atoms with Crippen LogP contribution in [-0.4, -0.2) is 16.0 Å². The van der Waals surface area contributed by atoms with Crippen molar-refractivity contribution in [2.75, 3.05) is 0 Å². The number of carbonyl (C=O) groups is 1. The van der Waals surface area contributed by atoms with Crippen LogP contribution in [0, 0.1) is 0 Å². The molecule has 23 heavy (non-hydrogen) atoms. The number of aromatic hydroxyl groups is 2. The summed E-state index contributed by atoms with van der Waals surface area (Å²) in [5, 5.41) is 21.0. The molecule has 0 fully saturated rings. The molecular formula is C19H12O4. The van der Waals surface area contributed by atoms with Crippen molar-refractivity contribution in [3.05, 3.63) is 71.5 Å². The number of hydrogen-bond donors (Lipinski definition) is 2. The van der Waals surface area contributed by atoms with E-state index in [9.17, 15) is 15.0 Å². The van der Waals surface area contributed by atoms with Crippen molar-refractivity contribution in [2.45, 2.75) is 0 Å². The van der Waals surface area contributed by atoms with Crippen molar-refractivity contribution in [1.29, 1.82) is 0 Å². The van der Waals surface area contributed by atoms with E-state index in [0.29, 0.717) is 16.7 Å². The summed E-state index contributed by atoms with van der Waals surface area (Å²) in [5.41, 5.74) is 1.20. The molecule has 0 unspecified atom stereocenters. The van der Waals surface area contributed by atoms with Gasteiger partial charge in [-0.15, -0.1) is 0 Å². The van der Waals surface area contributed by atoms with Crippen LogP contribution in [0.5, 0.6) is 17.2 Å². The highest BCUT2D eigenvalue weighted by Crippen LogP contribution is 2.35. The molecule has 112 valence electrons. The maximum absolute atomic E-state index is 12.4. The molecular weight excluding hydrogens is 292 g/mol. The molecule has 0 atom stereocenters. The van der Waals surface area contributed by atoms with Gasteiger partial charge in [0.25, 0.3) is 0 Å². The normalized spacial score (nSPS) is 15.0. The van der Waals surface area contributed by atoms with Crippen LogP contribution in [0.25, 0.3) is 16.8 Å². The topological polar surface area (TPSA) is 66.8 Å². The number of ketones is 1. The summed E-state index contributed by atoms with van der Waals surface area (Å²) in [6, 6.07) is 15.2. The highest BCUT2D eigenvalue weighted by atomic mass is 16.5. The Labute approximate surface area is 131 Å². The third-order valence-electron chi connectivity index (χ3n) is 3.87. The number of ether oxygens (including phenoxy) is 1. The minimum absolute atomic E-state index is 0.0490. The average molecular weight is 304 g/mol. The van der Waals surface area contributed by atoms with E-state index in [1.165, 1.54) is 12.1 Å². The van der Waals surface area contributed by atoms with E-state index in [1.54, 1.807) is 24.3 Å². The Balaban J connectivity index is 1.84. The summed E-state index contributed by atoms with van der Waals surface area (Å²) in [6.07, 6.45) is 1.65. The molecule has 0 saturated heterocycles. The summed E-state index contributed by atoms with van der Waals surface area (Å²) < 4.78 is 5.57. The average Bonchev–Trinajstić information content (AvgIpc) is 2.86. The molecule has 0 spiro atoms. The van der Waals surface area contributed by atoms with Gasteiger partial charge in [0.15, 0.2) is 5.76 Å². The number of fused-ring (bicyclic) bond motifs is 2. The first kappa shape index (κ1) is 13.4. The molecule has 0 saturated carbocycles.